The summed E-state index contributed by atoms with van der Waals surface area (Å²) in [5.74, 6) is -0.533. The van der Waals surface area contributed by atoms with Crippen LogP contribution in [0.3, 0.4) is 0 Å². The summed E-state index contributed by atoms with van der Waals surface area (Å²) < 4.78 is 41.1. The average Bonchev–Trinajstić information content (AvgIpc) is 2.78. The Morgan fingerprint density at radius 1 is 0.875 bits per heavy atom. The van der Waals surface area contributed by atoms with Gasteiger partial charge in [-0.15, -0.1) is 0 Å². The second-order valence-electron chi connectivity index (χ2n) is 7.91. The molecule has 3 aromatic carbocycles. The number of benzene rings is 3. The van der Waals surface area contributed by atoms with Crippen LogP contribution >= 0.6 is 0 Å². The van der Waals surface area contributed by atoms with E-state index >= 15 is 0 Å². The topological polar surface area (TPSA) is 66.5 Å². The number of carbonyl (C=O) groups excluding carboxylic acids is 1. The van der Waals surface area contributed by atoms with E-state index in [1.807, 2.05) is 12.1 Å². The van der Waals surface area contributed by atoms with Gasteiger partial charge in [0.1, 0.15) is 12.4 Å². The smallest absolute Gasteiger partial charge is 0.264 e. The number of halogens is 1. The second-order valence-corrected chi connectivity index (χ2v) is 9.77. The van der Waals surface area contributed by atoms with E-state index in [0.717, 1.165) is 15.4 Å². The van der Waals surface area contributed by atoms with Gasteiger partial charge in [-0.1, -0.05) is 56.3 Å². The molecule has 168 valence electrons. The number of nitrogens with one attached hydrogen (secondary N) is 1. The molecule has 0 spiro atoms. The number of amides is 1. The summed E-state index contributed by atoms with van der Waals surface area (Å²) in [7, 11) is -3.97. The first-order chi connectivity index (χ1) is 15.2. The highest BCUT2D eigenvalue weighted by atomic mass is 32.2. The summed E-state index contributed by atoms with van der Waals surface area (Å²) >= 11 is 0. The first-order valence-electron chi connectivity index (χ1n) is 10.4. The van der Waals surface area contributed by atoms with Gasteiger partial charge in [0.25, 0.3) is 10.0 Å². The van der Waals surface area contributed by atoms with Gasteiger partial charge < -0.3 is 5.32 Å². The third kappa shape index (κ3) is 5.53. The van der Waals surface area contributed by atoms with E-state index in [4.69, 9.17) is 0 Å². The quantitative estimate of drug-likeness (QED) is 0.520. The fraction of sp³-hybridized carbons (Fsp3) is 0.240. The molecule has 0 aliphatic rings. The highest BCUT2D eigenvalue weighted by Gasteiger charge is 2.27. The summed E-state index contributed by atoms with van der Waals surface area (Å²) in [6.07, 6.45) is 0. The molecule has 0 bridgehead atoms. The van der Waals surface area contributed by atoms with Crippen LogP contribution in [0.5, 0.6) is 0 Å². The van der Waals surface area contributed by atoms with Crippen molar-refractivity contribution in [3.63, 3.8) is 0 Å². The lowest BCUT2D eigenvalue weighted by molar-refractivity contribution is -0.120. The summed E-state index contributed by atoms with van der Waals surface area (Å²) in [6, 6.07) is 20.6. The lowest BCUT2D eigenvalue weighted by atomic mass is 10.0. The first kappa shape index (κ1) is 23.5. The van der Waals surface area contributed by atoms with Crippen LogP contribution in [0.15, 0.2) is 83.8 Å². The standard InChI is InChI=1S/C25H27FN2O3S/c1-18(2)20-11-15-23(16-12-20)28(32(30,31)24-7-5-4-6-8-24)17-25(29)27-19(3)21-9-13-22(26)14-10-21/h4-16,18-19H,17H2,1-3H3,(H,27,29). The molecule has 1 N–H and O–H groups in total. The number of carbonyl (C=O) groups is 1. The van der Waals surface area contributed by atoms with Gasteiger partial charge in [-0.25, -0.2) is 12.8 Å². The maximum atomic E-state index is 13.4. The molecule has 0 fully saturated rings. The van der Waals surface area contributed by atoms with E-state index in [-0.39, 0.29) is 17.3 Å². The largest absolute Gasteiger partial charge is 0.348 e. The Kier molecular flexibility index (Phi) is 7.30. The van der Waals surface area contributed by atoms with E-state index in [1.54, 1.807) is 49.4 Å². The van der Waals surface area contributed by atoms with Crippen molar-refractivity contribution >= 4 is 21.6 Å². The zero-order valence-corrected chi connectivity index (χ0v) is 19.1. The number of rotatable bonds is 8. The van der Waals surface area contributed by atoms with Crippen molar-refractivity contribution in [1.82, 2.24) is 5.32 Å². The minimum atomic E-state index is -3.97. The molecule has 7 heteroatoms. The van der Waals surface area contributed by atoms with Gasteiger partial charge in [0.05, 0.1) is 16.6 Å². The van der Waals surface area contributed by atoms with Crippen molar-refractivity contribution in [2.45, 2.75) is 37.6 Å². The summed E-state index contributed by atoms with van der Waals surface area (Å²) in [6.45, 7) is 5.48. The summed E-state index contributed by atoms with van der Waals surface area (Å²) in [5.41, 5.74) is 2.20. The van der Waals surface area contributed by atoms with Crippen LogP contribution in [0.2, 0.25) is 0 Å². The Morgan fingerprint density at radius 3 is 2.00 bits per heavy atom. The minimum absolute atomic E-state index is 0.104. The van der Waals surface area contributed by atoms with Crippen molar-refractivity contribution in [2.24, 2.45) is 0 Å². The molecule has 0 saturated heterocycles. The Bertz CT molecular complexity index is 1150. The van der Waals surface area contributed by atoms with Crippen LogP contribution in [0.25, 0.3) is 0 Å². The van der Waals surface area contributed by atoms with Crippen LogP contribution in [0.4, 0.5) is 10.1 Å². The highest BCUT2D eigenvalue weighted by molar-refractivity contribution is 7.92. The highest BCUT2D eigenvalue weighted by Crippen LogP contribution is 2.26. The fourth-order valence-corrected chi connectivity index (χ4v) is 4.75. The van der Waals surface area contributed by atoms with E-state index in [9.17, 15) is 17.6 Å². The van der Waals surface area contributed by atoms with Gasteiger partial charge in [0.15, 0.2) is 0 Å². The predicted octanol–water partition coefficient (Wildman–Crippen LogP) is 5.02. The number of nitrogens with zero attached hydrogens (tertiary/aromatic N) is 1. The molecule has 1 atom stereocenters. The molecule has 5 nitrogen and oxygen atoms in total. The molecule has 32 heavy (non-hydrogen) atoms. The van der Waals surface area contributed by atoms with Crippen LogP contribution < -0.4 is 9.62 Å². The van der Waals surface area contributed by atoms with E-state index in [0.29, 0.717) is 11.6 Å². The Labute approximate surface area is 188 Å². The third-order valence-electron chi connectivity index (χ3n) is 5.21. The van der Waals surface area contributed by atoms with E-state index < -0.39 is 22.0 Å². The van der Waals surface area contributed by atoms with E-state index in [1.165, 1.54) is 24.3 Å². The Hall–Kier alpha value is -3.19. The average molecular weight is 455 g/mol. The van der Waals surface area contributed by atoms with Crippen molar-refractivity contribution in [1.29, 1.82) is 0 Å². The van der Waals surface area contributed by atoms with Crippen molar-refractivity contribution in [2.75, 3.05) is 10.8 Å². The maximum absolute atomic E-state index is 13.4. The van der Waals surface area contributed by atoms with Crippen molar-refractivity contribution in [3.05, 3.63) is 95.8 Å². The molecular formula is C25H27FN2O3S. The zero-order valence-electron chi connectivity index (χ0n) is 18.3. The van der Waals surface area contributed by atoms with Gasteiger partial charge in [0.2, 0.25) is 5.91 Å². The lowest BCUT2D eigenvalue weighted by Crippen LogP contribution is -2.41. The summed E-state index contributed by atoms with van der Waals surface area (Å²) in [4.78, 5) is 12.9. The molecule has 0 heterocycles. The van der Waals surface area contributed by atoms with Crippen molar-refractivity contribution < 1.29 is 17.6 Å². The molecule has 0 aliphatic carbocycles. The first-order valence-corrected chi connectivity index (χ1v) is 11.8. The van der Waals surface area contributed by atoms with Crippen LogP contribution in [0.1, 0.15) is 43.9 Å². The normalized spacial score (nSPS) is 12.4. The molecule has 3 rings (SSSR count). The molecule has 0 aliphatic heterocycles. The Balaban J connectivity index is 1.88. The monoisotopic (exact) mass is 454 g/mol. The SMILES string of the molecule is CC(C)c1ccc(N(CC(=O)NC(C)c2ccc(F)cc2)S(=O)(=O)c2ccccc2)cc1. The number of hydrogen-bond donors (Lipinski definition) is 1. The van der Waals surface area contributed by atoms with Crippen LogP contribution in [-0.4, -0.2) is 20.9 Å². The maximum Gasteiger partial charge on any atom is 0.264 e. The number of sulfonamides is 1. The van der Waals surface area contributed by atoms with Crippen LogP contribution in [0, 0.1) is 5.82 Å². The third-order valence-corrected chi connectivity index (χ3v) is 7.00. The molecule has 0 aromatic heterocycles. The second kappa shape index (κ2) is 9.96. The molecule has 0 radical (unpaired) electrons. The molecule has 0 saturated carbocycles. The predicted molar refractivity (Wildman–Crippen MR) is 124 cm³/mol. The minimum Gasteiger partial charge on any atom is -0.348 e. The number of anilines is 1. The van der Waals surface area contributed by atoms with Gasteiger partial charge in [-0.3, -0.25) is 9.10 Å². The van der Waals surface area contributed by atoms with Gasteiger partial charge in [-0.2, -0.15) is 0 Å². The van der Waals surface area contributed by atoms with Gasteiger partial charge in [-0.05, 0) is 60.4 Å². The zero-order chi connectivity index (χ0) is 23.3. The molecular weight excluding hydrogens is 427 g/mol. The lowest BCUT2D eigenvalue weighted by Gasteiger charge is -2.25. The van der Waals surface area contributed by atoms with Crippen LogP contribution in [-0.2, 0) is 14.8 Å². The van der Waals surface area contributed by atoms with Gasteiger partial charge in [0, 0.05) is 0 Å². The van der Waals surface area contributed by atoms with Crippen molar-refractivity contribution in [3.8, 4) is 0 Å². The number of hydrogen-bond acceptors (Lipinski definition) is 3. The van der Waals surface area contributed by atoms with Gasteiger partial charge >= 0.3 is 0 Å². The van der Waals surface area contributed by atoms with E-state index in [2.05, 4.69) is 19.2 Å². The Morgan fingerprint density at radius 2 is 1.44 bits per heavy atom. The fourth-order valence-electron chi connectivity index (χ4n) is 3.31. The molecule has 1 amide bonds. The summed E-state index contributed by atoms with van der Waals surface area (Å²) in [5, 5.41) is 2.80. The molecule has 1 unspecified atom stereocenters. The molecule has 3 aromatic rings.